The van der Waals surface area contributed by atoms with Gasteiger partial charge in [-0.15, -0.1) is 10.2 Å². The maximum Gasteiger partial charge on any atom is 0.302 e. The van der Waals surface area contributed by atoms with E-state index < -0.39 is 31.6 Å². The summed E-state index contributed by atoms with van der Waals surface area (Å²) < 4.78 is 64.2. The number of hydrogen-bond acceptors (Lipinski definition) is 10. The van der Waals surface area contributed by atoms with Gasteiger partial charge in [0.25, 0.3) is 15.9 Å². The minimum atomic E-state index is -4.42. The van der Waals surface area contributed by atoms with Gasteiger partial charge in [0.05, 0.1) is 29.6 Å². The van der Waals surface area contributed by atoms with Crippen molar-refractivity contribution in [1.29, 1.82) is 0 Å². The first-order valence-corrected chi connectivity index (χ1v) is 15.8. The first-order valence-electron chi connectivity index (χ1n) is 12.8. The Hall–Kier alpha value is -4.41. The molecule has 2 aromatic carbocycles. The van der Waals surface area contributed by atoms with Crippen LogP contribution in [0.3, 0.4) is 0 Å². The Labute approximate surface area is 250 Å². The molecule has 0 aliphatic heterocycles. The van der Waals surface area contributed by atoms with Crippen molar-refractivity contribution in [2.75, 3.05) is 25.9 Å². The molecule has 14 nitrogen and oxygen atoms in total. The van der Waals surface area contributed by atoms with Gasteiger partial charge in [0.1, 0.15) is 10.6 Å². The molecular formula is C27H32N8O6S2. The number of amides is 1. The van der Waals surface area contributed by atoms with Gasteiger partial charge in [-0.1, -0.05) is 39.0 Å². The van der Waals surface area contributed by atoms with Crippen LogP contribution in [-0.4, -0.2) is 63.0 Å². The largest absolute Gasteiger partial charge is 0.497 e. The summed E-state index contributed by atoms with van der Waals surface area (Å²) in [4.78, 5) is 17.3. The lowest BCUT2D eigenvalue weighted by Crippen LogP contribution is -2.31. The number of pyridine rings is 1. The Morgan fingerprint density at radius 3 is 2.37 bits per heavy atom. The minimum Gasteiger partial charge on any atom is -0.497 e. The summed E-state index contributed by atoms with van der Waals surface area (Å²) >= 11 is 0. The Kier molecular flexibility index (Phi) is 8.58. The van der Waals surface area contributed by atoms with Gasteiger partial charge in [0.15, 0.2) is 11.5 Å². The summed E-state index contributed by atoms with van der Waals surface area (Å²) in [5.74, 6) is -0.629. The van der Waals surface area contributed by atoms with Crippen molar-refractivity contribution in [3.63, 3.8) is 0 Å². The normalized spacial score (nSPS) is 12.7. The number of anilines is 1. The fourth-order valence-electron chi connectivity index (χ4n) is 3.98. The monoisotopic (exact) mass is 628 g/mol. The highest BCUT2D eigenvalue weighted by Gasteiger charge is 2.29. The van der Waals surface area contributed by atoms with Crippen LogP contribution in [0, 0.1) is 0 Å². The Morgan fingerprint density at radius 2 is 1.72 bits per heavy atom. The topological polar surface area (TPSA) is 177 Å². The quantitative estimate of drug-likeness (QED) is 0.261. The molecule has 4 aromatic rings. The SMILES string of the molecule is COc1cc(S(=O)(=O)NC(=O)c2ccccc2N=Nc2c(C(C)(C)C)nn(C)c2NS(=O)(=O)N(C)C)c2ncccc2c1. The zero-order chi connectivity index (χ0) is 31.7. The number of carbonyl (C=O) groups is 1. The van der Waals surface area contributed by atoms with Gasteiger partial charge in [-0.05, 0) is 24.3 Å². The number of benzene rings is 2. The number of aryl methyl sites for hydroxylation is 1. The molecule has 0 saturated heterocycles. The molecule has 0 atom stereocenters. The molecule has 0 spiro atoms. The van der Waals surface area contributed by atoms with E-state index in [0.717, 1.165) is 4.31 Å². The molecule has 0 radical (unpaired) electrons. The van der Waals surface area contributed by atoms with E-state index in [1.54, 1.807) is 37.4 Å². The number of sulfonamides is 1. The molecule has 1 amide bonds. The predicted octanol–water partition coefficient (Wildman–Crippen LogP) is 4.03. The predicted molar refractivity (Wildman–Crippen MR) is 162 cm³/mol. The fourth-order valence-corrected chi connectivity index (χ4v) is 5.80. The van der Waals surface area contributed by atoms with Crippen LogP contribution in [0.2, 0.25) is 0 Å². The molecule has 2 N–H and O–H groups in total. The molecule has 43 heavy (non-hydrogen) atoms. The van der Waals surface area contributed by atoms with E-state index in [1.165, 1.54) is 50.3 Å². The first-order chi connectivity index (χ1) is 20.0. The molecular weight excluding hydrogens is 596 g/mol. The van der Waals surface area contributed by atoms with Crippen molar-refractivity contribution in [1.82, 2.24) is 23.8 Å². The van der Waals surface area contributed by atoms with Crippen LogP contribution in [-0.2, 0) is 32.7 Å². The van der Waals surface area contributed by atoms with Crippen molar-refractivity contribution in [2.24, 2.45) is 17.3 Å². The van der Waals surface area contributed by atoms with E-state index in [0.29, 0.717) is 11.1 Å². The van der Waals surface area contributed by atoms with E-state index in [9.17, 15) is 21.6 Å². The van der Waals surface area contributed by atoms with E-state index in [-0.39, 0.29) is 38.9 Å². The van der Waals surface area contributed by atoms with Crippen LogP contribution in [0.1, 0.15) is 36.8 Å². The molecule has 0 aliphatic carbocycles. The maximum atomic E-state index is 13.4. The molecule has 4 rings (SSSR count). The van der Waals surface area contributed by atoms with E-state index in [1.807, 2.05) is 20.8 Å². The second kappa shape index (κ2) is 11.7. The van der Waals surface area contributed by atoms with Crippen LogP contribution in [0.5, 0.6) is 5.75 Å². The van der Waals surface area contributed by atoms with E-state index in [4.69, 9.17) is 4.74 Å². The third kappa shape index (κ3) is 6.65. The van der Waals surface area contributed by atoms with Crippen LogP contribution < -0.4 is 14.2 Å². The molecule has 228 valence electrons. The molecule has 2 heterocycles. The number of hydrogen-bond donors (Lipinski definition) is 2. The summed E-state index contributed by atoms with van der Waals surface area (Å²) in [6, 6.07) is 12.3. The third-order valence-corrected chi connectivity index (χ3v) is 9.00. The van der Waals surface area contributed by atoms with E-state index in [2.05, 4.69) is 29.8 Å². The average molecular weight is 629 g/mol. The zero-order valence-electron chi connectivity index (χ0n) is 24.6. The molecule has 2 aromatic heterocycles. The van der Waals surface area contributed by atoms with Crippen molar-refractivity contribution < 1.29 is 26.4 Å². The highest BCUT2D eigenvalue weighted by atomic mass is 32.2. The highest BCUT2D eigenvalue weighted by molar-refractivity contribution is 7.90. The fraction of sp³-hybridized carbons (Fsp3) is 0.296. The van der Waals surface area contributed by atoms with Crippen molar-refractivity contribution in [3.8, 4) is 5.75 Å². The summed E-state index contributed by atoms with van der Waals surface area (Å²) in [7, 11) is -2.63. The standard InChI is InChI=1S/C27H32N8O6S2/c1-27(2,3)24-23(25(35(6)31-24)32-43(39,40)34(4)5)30-29-20-13-9-8-12-19(20)26(36)33-42(37,38)21-16-18(41-7)15-17-11-10-14-28-22(17)21/h8-16,32H,1-7H3,(H,33,36). The number of azo groups is 1. The number of methoxy groups -OCH3 is 1. The van der Waals surface area contributed by atoms with Crippen LogP contribution >= 0.6 is 0 Å². The lowest BCUT2D eigenvalue weighted by Gasteiger charge is -2.16. The number of rotatable bonds is 9. The van der Waals surface area contributed by atoms with Crippen molar-refractivity contribution in [3.05, 3.63) is 66.0 Å². The van der Waals surface area contributed by atoms with Gasteiger partial charge < -0.3 is 4.74 Å². The Balaban J connectivity index is 1.75. The number of nitrogens with zero attached hydrogens (tertiary/aromatic N) is 6. The van der Waals surface area contributed by atoms with Gasteiger partial charge in [-0.2, -0.15) is 17.8 Å². The first kappa shape index (κ1) is 31.5. The van der Waals surface area contributed by atoms with Crippen molar-refractivity contribution in [2.45, 2.75) is 31.1 Å². The molecule has 0 fully saturated rings. The maximum absolute atomic E-state index is 13.4. The number of ether oxygens (including phenoxy) is 1. The number of carbonyl (C=O) groups excluding carboxylic acids is 1. The smallest absolute Gasteiger partial charge is 0.302 e. The van der Waals surface area contributed by atoms with E-state index >= 15 is 0 Å². The highest BCUT2D eigenvalue weighted by Crippen LogP contribution is 2.38. The molecule has 0 unspecified atom stereocenters. The second-order valence-electron chi connectivity index (χ2n) is 10.7. The second-order valence-corrected chi connectivity index (χ2v) is 14.2. The number of aromatic nitrogens is 3. The summed E-state index contributed by atoms with van der Waals surface area (Å²) in [5, 5.41) is 13.5. The minimum absolute atomic E-state index is 0.0361. The summed E-state index contributed by atoms with van der Waals surface area (Å²) in [5.41, 5.74) is 0.123. The Morgan fingerprint density at radius 1 is 1.02 bits per heavy atom. The third-order valence-electron chi connectivity index (χ3n) is 6.24. The Bertz CT molecular complexity index is 1950. The lowest BCUT2D eigenvalue weighted by atomic mass is 9.91. The van der Waals surface area contributed by atoms with Gasteiger partial charge in [0.2, 0.25) is 0 Å². The number of nitrogens with one attached hydrogen (secondary N) is 2. The van der Waals surface area contributed by atoms with Crippen LogP contribution in [0.15, 0.2) is 69.9 Å². The molecule has 0 saturated carbocycles. The van der Waals surface area contributed by atoms with Crippen molar-refractivity contribution >= 4 is 54.2 Å². The lowest BCUT2D eigenvalue weighted by molar-refractivity contribution is 0.0982. The summed E-state index contributed by atoms with van der Waals surface area (Å²) in [6.07, 6.45) is 1.45. The summed E-state index contributed by atoms with van der Waals surface area (Å²) in [6.45, 7) is 5.63. The van der Waals surface area contributed by atoms with Crippen LogP contribution in [0.25, 0.3) is 10.9 Å². The van der Waals surface area contributed by atoms with Gasteiger partial charge in [-0.3, -0.25) is 14.5 Å². The van der Waals surface area contributed by atoms with Crippen LogP contribution in [0.4, 0.5) is 17.2 Å². The zero-order valence-corrected chi connectivity index (χ0v) is 26.3. The molecule has 16 heteroatoms. The molecule has 0 bridgehead atoms. The van der Waals surface area contributed by atoms with Gasteiger partial charge >= 0.3 is 10.2 Å². The molecule has 0 aliphatic rings. The van der Waals surface area contributed by atoms with Gasteiger partial charge in [-0.25, -0.2) is 17.8 Å². The number of fused-ring (bicyclic) bond motifs is 1. The average Bonchev–Trinajstić information content (AvgIpc) is 3.25. The van der Waals surface area contributed by atoms with Gasteiger partial charge in [0, 0.05) is 44.2 Å².